The van der Waals surface area contributed by atoms with Gasteiger partial charge in [-0.2, -0.15) is 5.10 Å². The lowest BCUT2D eigenvalue weighted by Crippen LogP contribution is -2.11. The Morgan fingerprint density at radius 2 is 2.38 bits per heavy atom. The molecule has 0 aromatic carbocycles. The molecule has 1 rings (SSSR count). The molecule has 72 valence electrons. The molecule has 0 bridgehead atoms. The molecule has 0 radical (unpaired) electrons. The second-order valence-corrected chi connectivity index (χ2v) is 3.73. The van der Waals surface area contributed by atoms with Gasteiger partial charge >= 0.3 is 0 Å². The molecule has 1 heterocycles. The second kappa shape index (κ2) is 4.42. The van der Waals surface area contributed by atoms with Gasteiger partial charge in [0.1, 0.15) is 5.78 Å². The fourth-order valence-electron chi connectivity index (χ4n) is 0.974. The summed E-state index contributed by atoms with van der Waals surface area (Å²) in [6.07, 6.45) is 3.81. The molecule has 0 fully saturated rings. The third-order valence-corrected chi connectivity index (χ3v) is 2.03. The van der Waals surface area contributed by atoms with E-state index < -0.39 is 0 Å². The molecule has 0 amide bonds. The minimum Gasteiger partial charge on any atom is -0.299 e. The third-order valence-electron chi connectivity index (χ3n) is 1.83. The summed E-state index contributed by atoms with van der Waals surface area (Å²) in [6.45, 7) is 4.42. The number of rotatable bonds is 4. The van der Waals surface area contributed by atoms with E-state index in [1.54, 1.807) is 17.1 Å². The van der Waals surface area contributed by atoms with Crippen molar-refractivity contribution >= 4 is 17.4 Å². The van der Waals surface area contributed by atoms with Crippen molar-refractivity contribution in [2.75, 3.05) is 0 Å². The van der Waals surface area contributed by atoms with Crippen molar-refractivity contribution in [3.63, 3.8) is 0 Å². The van der Waals surface area contributed by atoms with Crippen molar-refractivity contribution in [2.45, 2.75) is 26.8 Å². The topological polar surface area (TPSA) is 34.9 Å². The van der Waals surface area contributed by atoms with E-state index in [1.165, 1.54) is 0 Å². The molecule has 4 heteroatoms. The molecule has 0 atom stereocenters. The SMILES string of the molecule is CC(C)C(=O)CCn1cc(Cl)cn1. The molecule has 0 N–H and O–H groups in total. The van der Waals surface area contributed by atoms with Gasteiger partial charge in [-0.25, -0.2) is 0 Å². The van der Waals surface area contributed by atoms with E-state index in [1.807, 2.05) is 13.8 Å². The summed E-state index contributed by atoms with van der Waals surface area (Å²) in [5.74, 6) is 0.359. The highest BCUT2D eigenvalue weighted by Crippen LogP contribution is 2.06. The van der Waals surface area contributed by atoms with E-state index in [4.69, 9.17) is 11.6 Å². The summed E-state index contributed by atoms with van der Waals surface area (Å²) < 4.78 is 1.68. The molecule has 0 unspecified atom stereocenters. The Hall–Kier alpha value is -0.830. The predicted octanol–water partition coefficient (Wildman–Crippen LogP) is 2.15. The zero-order valence-electron chi connectivity index (χ0n) is 7.83. The van der Waals surface area contributed by atoms with E-state index in [0.29, 0.717) is 18.0 Å². The lowest BCUT2D eigenvalue weighted by Gasteiger charge is -2.03. The Labute approximate surface area is 82.7 Å². The van der Waals surface area contributed by atoms with Crippen molar-refractivity contribution in [1.29, 1.82) is 0 Å². The van der Waals surface area contributed by atoms with Crippen LogP contribution in [0.2, 0.25) is 5.02 Å². The molecule has 13 heavy (non-hydrogen) atoms. The number of nitrogens with zero attached hydrogens (tertiary/aromatic N) is 2. The van der Waals surface area contributed by atoms with Crippen LogP contribution in [0.1, 0.15) is 20.3 Å². The zero-order chi connectivity index (χ0) is 9.84. The largest absolute Gasteiger partial charge is 0.299 e. The Balaban J connectivity index is 2.39. The van der Waals surface area contributed by atoms with Gasteiger partial charge in [-0.1, -0.05) is 25.4 Å². The highest BCUT2D eigenvalue weighted by atomic mass is 35.5. The van der Waals surface area contributed by atoms with E-state index in [-0.39, 0.29) is 11.7 Å². The first-order valence-electron chi connectivity index (χ1n) is 4.30. The van der Waals surface area contributed by atoms with Crippen LogP contribution in [0.3, 0.4) is 0 Å². The second-order valence-electron chi connectivity index (χ2n) is 3.29. The van der Waals surface area contributed by atoms with Crippen LogP contribution in [0.25, 0.3) is 0 Å². The number of halogens is 1. The number of ketones is 1. The van der Waals surface area contributed by atoms with Crippen molar-refractivity contribution < 1.29 is 4.79 Å². The van der Waals surface area contributed by atoms with Gasteiger partial charge in [0.2, 0.25) is 0 Å². The molecule has 1 aromatic heterocycles. The highest BCUT2D eigenvalue weighted by Gasteiger charge is 2.07. The normalized spacial score (nSPS) is 10.8. The maximum absolute atomic E-state index is 11.2. The average Bonchev–Trinajstić information content (AvgIpc) is 2.47. The first-order valence-corrected chi connectivity index (χ1v) is 4.68. The standard InChI is InChI=1S/C9H13ClN2O/c1-7(2)9(13)3-4-12-6-8(10)5-11-12/h5-7H,3-4H2,1-2H3. The number of Topliss-reactive ketones (excluding diaryl/α,β-unsaturated/α-hetero) is 1. The molecule has 0 aliphatic heterocycles. The number of hydrogen-bond acceptors (Lipinski definition) is 2. The van der Waals surface area contributed by atoms with E-state index in [2.05, 4.69) is 5.10 Å². The Morgan fingerprint density at radius 1 is 1.69 bits per heavy atom. The maximum atomic E-state index is 11.2. The minimum atomic E-state index is 0.103. The zero-order valence-corrected chi connectivity index (χ0v) is 8.58. The number of aryl methyl sites for hydroxylation is 1. The number of aromatic nitrogens is 2. The van der Waals surface area contributed by atoms with Crippen LogP contribution in [-0.2, 0) is 11.3 Å². The predicted molar refractivity (Wildman–Crippen MR) is 51.7 cm³/mol. The van der Waals surface area contributed by atoms with Gasteiger partial charge in [-0.3, -0.25) is 9.48 Å². The average molecular weight is 201 g/mol. The van der Waals surface area contributed by atoms with E-state index in [0.717, 1.165) is 0 Å². The Morgan fingerprint density at radius 3 is 2.85 bits per heavy atom. The highest BCUT2D eigenvalue weighted by molar-refractivity contribution is 6.30. The van der Waals surface area contributed by atoms with Crippen LogP contribution in [-0.4, -0.2) is 15.6 Å². The summed E-state index contributed by atoms with van der Waals surface area (Å²) in [7, 11) is 0. The fraction of sp³-hybridized carbons (Fsp3) is 0.556. The quantitative estimate of drug-likeness (QED) is 0.747. The fourth-order valence-corrected chi connectivity index (χ4v) is 1.13. The number of carbonyl (C=O) groups is 1. The van der Waals surface area contributed by atoms with Crippen LogP contribution < -0.4 is 0 Å². The summed E-state index contributed by atoms with van der Waals surface area (Å²) >= 11 is 5.67. The summed E-state index contributed by atoms with van der Waals surface area (Å²) in [4.78, 5) is 11.2. The van der Waals surface area contributed by atoms with Crippen LogP contribution in [0.4, 0.5) is 0 Å². The van der Waals surface area contributed by atoms with Gasteiger partial charge in [0.25, 0.3) is 0 Å². The van der Waals surface area contributed by atoms with Crippen molar-refractivity contribution in [2.24, 2.45) is 5.92 Å². The molecule has 0 saturated carbocycles. The molecular formula is C9H13ClN2O. The van der Waals surface area contributed by atoms with Crippen LogP contribution >= 0.6 is 11.6 Å². The monoisotopic (exact) mass is 200 g/mol. The van der Waals surface area contributed by atoms with Crippen LogP contribution in [0.15, 0.2) is 12.4 Å². The first kappa shape index (κ1) is 10.3. The van der Waals surface area contributed by atoms with E-state index >= 15 is 0 Å². The third kappa shape index (κ3) is 3.19. The lowest BCUT2D eigenvalue weighted by atomic mass is 10.1. The molecule has 0 aliphatic rings. The summed E-state index contributed by atoms with van der Waals surface area (Å²) in [5.41, 5.74) is 0. The molecule has 3 nitrogen and oxygen atoms in total. The van der Waals surface area contributed by atoms with Gasteiger partial charge in [0.05, 0.1) is 11.2 Å². The van der Waals surface area contributed by atoms with Crippen LogP contribution in [0.5, 0.6) is 0 Å². The molecule has 1 aromatic rings. The molecule has 0 spiro atoms. The smallest absolute Gasteiger partial charge is 0.137 e. The van der Waals surface area contributed by atoms with Gasteiger partial charge in [-0.05, 0) is 0 Å². The van der Waals surface area contributed by atoms with Crippen molar-refractivity contribution in [3.05, 3.63) is 17.4 Å². The number of carbonyl (C=O) groups excluding carboxylic acids is 1. The van der Waals surface area contributed by atoms with Crippen molar-refractivity contribution in [3.8, 4) is 0 Å². The lowest BCUT2D eigenvalue weighted by molar-refractivity contribution is -0.122. The maximum Gasteiger partial charge on any atom is 0.137 e. The Bertz CT molecular complexity index is 294. The molecular weight excluding hydrogens is 188 g/mol. The number of hydrogen-bond donors (Lipinski definition) is 0. The van der Waals surface area contributed by atoms with E-state index in [9.17, 15) is 4.79 Å². The van der Waals surface area contributed by atoms with Crippen molar-refractivity contribution in [1.82, 2.24) is 9.78 Å². The molecule has 0 aliphatic carbocycles. The van der Waals surface area contributed by atoms with Gasteiger partial charge < -0.3 is 0 Å². The molecule has 0 saturated heterocycles. The van der Waals surface area contributed by atoms with Crippen LogP contribution in [0, 0.1) is 5.92 Å². The Kier molecular flexibility index (Phi) is 3.48. The first-order chi connectivity index (χ1) is 6.09. The summed E-state index contributed by atoms with van der Waals surface area (Å²) in [5, 5.41) is 4.59. The van der Waals surface area contributed by atoms with Gasteiger partial charge in [0.15, 0.2) is 0 Å². The van der Waals surface area contributed by atoms with Gasteiger partial charge in [0, 0.05) is 25.1 Å². The minimum absolute atomic E-state index is 0.103. The summed E-state index contributed by atoms with van der Waals surface area (Å²) in [6, 6.07) is 0. The van der Waals surface area contributed by atoms with Gasteiger partial charge in [-0.15, -0.1) is 0 Å².